The summed E-state index contributed by atoms with van der Waals surface area (Å²) in [5.41, 5.74) is 1.50. The van der Waals surface area contributed by atoms with E-state index in [4.69, 9.17) is 0 Å². The highest BCUT2D eigenvalue weighted by Crippen LogP contribution is 2.36. The highest BCUT2D eigenvalue weighted by molar-refractivity contribution is 7.99. The first-order chi connectivity index (χ1) is 8.79. The summed E-state index contributed by atoms with van der Waals surface area (Å²) in [6.45, 7) is 2.30. The normalized spacial score (nSPS) is 13.2. The molecule has 2 aromatic carbocycles. The number of rotatable bonds is 3. The molecule has 0 aliphatic heterocycles. The molecule has 18 heavy (non-hydrogen) atoms. The zero-order valence-electron chi connectivity index (χ0n) is 10.6. The van der Waals surface area contributed by atoms with Crippen LogP contribution >= 0.6 is 23.1 Å². The van der Waals surface area contributed by atoms with Gasteiger partial charge in [-0.25, -0.2) is 0 Å². The molecule has 3 aromatic rings. The van der Waals surface area contributed by atoms with Crippen LogP contribution in [0.3, 0.4) is 0 Å². The molecule has 2 heteroatoms. The van der Waals surface area contributed by atoms with Crippen LogP contribution in [0.5, 0.6) is 0 Å². The maximum absolute atomic E-state index is 2.30. The Morgan fingerprint density at radius 1 is 1.06 bits per heavy atom. The topological polar surface area (TPSA) is 0 Å². The van der Waals surface area contributed by atoms with Gasteiger partial charge in [-0.2, -0.15) is 11.8 Å². The molecule has 0 aliphatic rings. The summed E-state index contributed by atoms with van der Waals surface area (Å²) in [7, 11) is 0. The molecule has 0 nitrogen and oxygen atoms in total. The van der Waals surface area contributed by atoms with Gasteiger partial charge in [0.25, 0.3) is 0 Å². The van der Waals surface area contributed by atoms with Crippen molar-refractivity contribution < 1.29 is 0 Å². The fourth-order valence-electron chi connectivity index (χ4n) is 2.36. The summed E-state index contributed by atoms with van der Waals surface area (Å²) in [4.78, 5) is 0. The summed E-state index contributed by atoms with van der Waals surface area (Å²) in [5.74, 6) is 0. The summed E-state index contributed by atoms with van der Waals surface area (Å²) < 4.78 is 2.87. The van der Waals surface area contributed by atoms with Gasteiger partial charge in [0.05, 0.1) is 0 Å². The second kappa shape index (κ2) is 4.94. The smallest absolute Gasteiger partial charge is 0.0387 e. The Kier molecular flexibility index (Phi) is 3.31. The van der Waals surface area contributed by atoms with Gasteiger partial charge in [-0.05, 0) is 24.3 Å². The number of hydrogen-bond donors (Lipinski definition) is 0. The Morgan fingerprint density at radius 3 is 2.67 bits per heavy atom. The van der Waals surface area contributed by atoms with Gasteiger partial charge in [0.2, 0.25) is 0 Å². The van der Waals surface area contributed by atoms with Crippen molar-refractivity contribution in [1.82, 2.24) is 0 Å². The van der Waals surface area contributed by atoms with Gasteiger partial charge in [0, 0.05) is 25.4 Å². The average molecular weight is 272 g/mol. The van der Waals surface area contributed by atoms with E-state index in [1.807, 2.05) is 23.1 Å². The summed E-state index contributed by atoms with van der Waals surface area (Å²) in [5, 5.41) is 3.50. The van der Waals surface area contributed by atoms with E-state index < -0.39 is 0 Å². The molecule has 0 amide bonds. The maximum Gasteiger partial charge on any atom is 0.0387 e. The number of fused-ring (bicyclic) bond motifs is 3. The van der Waals surface area contributed by atoms with Crippen molar-refractivity contribution in [3.63, 3.8) is 0 Å². The van der Waals surface area contributed by atoms with Gasteiger partial charge in [-0.15, -0.1) is 11.3 Å². The molecule has 0 spiro atoms. The van der Waals surface area contributed by atoms with Crippen LogP contribution in [0.4, 0.5) is 0 Å². The van der Waals surface area contributed by atoms with E-state index in [1.165, 1.54) is 25.7 Å². The van der Waals surface area contributed by atoms with E-state index in [0.29, 0.717) is 5.25 Å². The monoisotopic (exact) mass is 272 g/mol. The van der Waals surface area contributed by atoms with Crippen LogP contribution in [0, 0.1) is 0 Å². The Labute approximate surface area is 116 Å². The molecule has 0 bridgehead atoms. The standard InChI is InChI=1S/C16H16S2/c1-11(17-2)10-12-6-5-8-14-13-7-3-4-9-15(13)18-16(12)14/h3-9,11H,10H2,1-2H3. The molecule has 1 aromatic heterocycles. The number of hydrogen-bond acceptors (Lipinski definition) is 2. The van der Waals surface area contributed by atoms with Gasteiger partial charge in [0.15, 0.2) is 0 Å². The largest absolute Gasteiger partial charge is 0.162 e. The highest BCUT2D eigenvalue weighted by Gasteiger charge is 2.10. The molecule has 92 valence electrons. The molecule has 0 fully saturated rings. The van der Waals surface area contributed by atoms with Crippen molar-refractivity contribution in [2.75, 3.05) is 6.26 Å². The molecular formula is C16H16S2. The molecule has 0 N–H and O–H groups in total. The molecule has 0 radical (unpaired) electrons. The lowest BCUT2D eigenvalue weighted by Gasteiger charge is -2.08. The Morgan fingerprint density at radius 2 is 1.83 bits per heavy atom. The lowest BCUT2D eigenvalue weighted by Crippen LogP contribution is -2.00. The lowest BCUT2D eigenvalue weighted by molar-refractivity contribution is 0.956. The van der Waals surface area contributed by atoms with E-state index in [9.17, 15) is 0 Å². The Hall–Kier alpha value is -0.990. The van der Waals surface area contributed by atoms with Gasteiger partial charge < -0.3 is 0 Å². The second-order valence-corrected chi connectivity index (χ2v) is 6.97. The quantitative estimate of drug-likeness (QED) is 0.619. The van der Waals surface area contributed by atoms with Crippen LogP contribution < -0.4 is 0 Å². The van der Waals surface area contributed by atoms with Crippen LogP contribution in [0.15, 0.2) is 42.5 Å². The Balaban J connectivity index is 2.21. The number of thiophene rings is 1. The fourth-order valence-corrected chi connectivity index (χ4v) is 3.93. The molecule has 0 saturated carbocycles. The Bertz CT molecular complexity index is 682. The summed E-state index contributed by atoms with van der Waals surface area (Å²) >= 11 is 3.87. The highest BCUT2D eigenvalue weighted by atomic mass is 32.2. The second-order valence-electron chi connectivity index (χ2n) is 4.64. The van der Waals surface area contributed by atoms with E-state index >= 15 is 0 Å². The number of benzene rings is 2. The van der Waals surface area contributed by atoms with Crippen molar-refractivity contribution in [1.29, 1.82) is 0 Å². The van der Waals surface area contributed by atoms with E-state index in [1.54, 1.807) is 0 Å². The van der Waals surface area contributed by atoms with Crippen LogP contribution in [-0.4, -0.2) is 11.5 Å². The zero-order valence-corrected chi connectivity index (χ0v) is 12.3. The van der Waals surface area contributed by atoms with Crippen LogP contribution in [-0.2, 0) is 6.42 Å². The molecule has 3 rings (SSSR count). The fraction of sp³-hybridized carbons (Fsp3) is 0.250. The molecule has 1 unspecified atom stereocenters. The molecule has 0 aliphatic carbocycles. The first-order valence-corrected chi connectivity index (χ1v) is 8.32. The third-order valence-corrected chi connectivity index (χ3v) is 5.63. The minimum absolute atomic E-state index is 0.681. The van der Waals surface area contributed by atoms with Gasteiger partial charge in [-0.1, -0.05) is 43.3 Å². The predicted octanol–water partition coefficient (Wildman–Crippen LogP) is 5.35. The first kappa shape index (κ1) is 12.1. The third kappa shape index (κ3) is 2.04. The van der Waals surface area contributed by atoms with E-state index in [2.05, 4.69) is 55.6 Å². The third-order valence-electron chi connectivity index (χ3n) is 3.40. The van der Waals surface area contributed by atoms with Crippen molar-refractivity contribution in [2.45, 2.75) is 18.6 Å². The lowest BCUT2D eigenvalue weighted by atomic mass is 10.1. The molecule has 1 heterocycles. The van der Waals surface area contributed by atoms with Gasteiger partial charge >= 0.3 is 0 Å². The minimum Gasteiger partial charge on any atom is -0.162 e. The van der Waals surface area contributed by atoms with Crippen molar-refractivity contribution in [2.24, 2.45) is 0 Å². The van der Waals surface area contributed by atoms with Crippen LogP contribution in [0.2, 0.25) is 0 Å². The maximum atomic E-state index is 2.30. The first-order valence-electron chi connectivity index (χ1n) is 6.21. The van der Waals surface area contributed by atoms with Crippen LogP contribution in [0.25, 0.3) is 20.2 Å². The van der Waals surface area contributed by atoms with Crippen molar-refractivity contribution >= 4 is 43.3 Å². The SMILES string of the molecule is CSC(C)Cc1cccc2c1sc1ccccc12. The molecular weight excluding hydrogens is 256 g/mol. The molecule has 0 saturated heterocycles. The van der Waals surface area contributed by atoms with E-state index in [-0.39, 0.29) is 0 Å². The van der Waals surface area contributed by atoms with Crippen LogP contribution in [0.1, 0.15) is 12.5 Å². The molecule has 1 atom stereocenters. The van der Waals surface area contributed by atoms with Crippen molar-refractivity contribution in [3.8, 4) is 0 Å². The van der Waals surface area contributed by atoms with Gasteiger partial charge in [0.1, 0.15) is 0 Å². The minimum atomic E-state index is 0.681. The number of thioether (sulfide) groups is 1. The van der Waals surface area contributed by atoms with E-state index in [0.717, 1.165) is 6.42 Å². The van der Waals surface area contributed by atoms with Gasteiger partial charge in [-0.3, -0.25) is 0 Å². The summed E-state index contributed by atoms with van der Waals surface area (Å²) in [6, 6.07) is 15.4. The summed E-state index contributed by atoms with van der Waals surface area (Å²) in [6.07, 6.45) is 3.35. The zero-order chi connectivity index (χ0) is 12.5. The predicted molar refractivity (Wildman–Crippen MR) is 86.0 cm³/mol. The average Bonchev–Trinajstić information content (AvgIpc) is 2.78. The van der Waals surface area contributed by atoms with Crippen molar-refractivity contribution in [3.05, 3.63) is 48.0 Å².